The summed E-state index contributed by atoms with van der Waals surface area (Å²) in [6.45, 7) is 2.15. The van der Waals surface area contributed by atoms with Gasteiger partial charge < -0.3 is 9.52 Å². The van der Waals surface area contributed by atoms with Gasteiger partial charge in [0.25, 0.3) is 0 Å². The van der Waals surface area contributed by atoms with Gasteiger partial charge in [-0.25, -0.2) is 0 Å². The Morgan fingerprint density at radius 1 is 1.69 bits per heavy atom. The summed E-state index contributed by atoms with van der Waals surface area (Å²) in [6.07, 6.45) is 7.61. The van der Waals surface area contributed by atoms with Gasteiger partial charge in [-0.15, -0.1) is 0 Å². The lowest BCUT2D eigenvalue weighted by atomic mass is 9.67. The van der Waals surface area contributed by atoms with E-state index in [1.165, 1.54) is 0 Å². The quantitative estimate of drug-likeness (QED) is 0.854. The van der Waals surface area contributed by atoms with Gasteiger partial charge in [0.15, 0.2) is 0 Å². The van der Waals surface area contributed by atoms with E-state index in [0.29, 0.717) is 12.3 Å². The molecule has 0 aliphatic heterocycles. The average molecular weight is 222 g/mol. The fourth-order valence-electron chi connectivity index (χ4n) is 2.87. The SMILES string of the molecule is CC1CCCC(Cc2ccoc2)(C(=O)O)C1. The Morgan fingerprint density at radius 2 is 2.50 bits per heavy atom. The van der Waals surface area contributed by atoms with Crippen LogP contribution in [0.25, 0.3) is 0 Å². The first kappa shape index (κ1) is 11.2. The highest BCUT2D eigenvalue weighted by atomic mass is 16.4. The van der Waals surface area contributed by atoms with E-state index in [-0.39, 0.29) is 0 Å². The second-order valence-corrected chi connectivity index (χ2v) is 5.10. The lowest BCUT2D eigenvalue weighted by molar-refractivity contribution is -0.152. The highest BCUT2D eigenvalue weighted by molar-refractivity contribution is 5.75. The van der Waals surface area contributed by atoms with Crippen LogP contribution >= 0.6 is 0 Å². The predicted octanol–water partition coefficient (Wildman–Crippen LogP) is 3.10. The fourth-order valence-corrected chi connectivity index (χ4v) is 2.87. The third-order valence-corrected chi connectivity index (χ3v) is 3.67. The second-order valence-electron chi connectivity index (χ2n) is 5.10. The molecule has 1 fully saturated rings. The van der Waals surface area contributed by atoms with E-state index >= 15 is 0 Å². The minimum absolute atomic E-state index is 0.511. The lowest BCUT2D eigenvalue weighted by Gasteiger charge is -2.36. The van der Waals surface area contributed by atoms with E-state index in [1.807, 2.05) is 6.07 Å². The Hall–Kier alpha value is -1.25. The molecular weight excluding hydrogens is 204 g/mol. The van der Waals surface area contributed by atoms with Gasteiger partial charge in [0.1, 0.15) is 0 Å². The first-order chi connectivity index (χ1) is 7.62. The summed E-state index contributed by atoms with van der Waals surface area (Å²) in [7, 11) is 0. The fraction of sp³-hybridized carbons (Fsp3) is 0.615. The van der Waals surface area contributed by atoms with Crippen molar-refractivity contribution in [1.82, 2.24) is 0 Å². The zero-order valence-electron chi connectivity index (χ0n) is 9.61. The molecule has 3 nitrogen and oxygen atoms in total. The Bertz CT molecular complexity index is 355. The zero-order chi connectivity index (χ0) is 11.6. The topological polar surface area (TPSA) is 50.4 Å². The summed E-state index contributed by atoms with van der Waals surface area (Å²) in [5, 5.41) is 9.47. The number of carboxylic acid groups (broad SMARTS) is 1. The van der Waals surface area contributed by atoms with Crippen molar-refractivity contribution >= 4 is 5.97 Å². The van der Waals surface area contributed by atoms with E-state index in [1.54, 1.807) is 12.5 Å². The van der Waals surface area contributed by atoms with Gasteiger partial charge in [-0.2, -0.15) is 0 Å². The summed E-state index contributed by atoms with van der Waals surface area (Å²) in [4.78, 5) is 11.5. The number of hydrogen-bond acceptors (Lipinski definition) is 2. The molecule has 3 heteroatoms. The van der Waals surface area contributed by atoms with Gasteiger partial charge in [0.05, 0.1) is 17.9 Å². The van der Waals surface area contributed by atoms with Gasteiger partial charge in [0, 0.05) is 0 Å². The van der Waals surface area contributed by atoms with Crippen LogP contribution in [-0.2, 0) is 11.2 Å². The standard InChI is InChI=1S/C13H18O3/c1-10-3-2-5-13(7-10,12(14)15)8-11-4-6-16-9-11/h4,6,9-10H,2-3,5,7-8H2,1H3,(H,14,15). The maximum Gasteiger partial charge on any atom is 0.309 e. The van der Waals surface area contributed by atoms with Crippen molar-refractivity contribution in [2.45, 2.75) is 39.0 Å². The molecule has 0 radical (unpaired) electrons. The molecule has 1 heterocycles. The van der Waals surface area contributed by atoms with Crippen molar-refractivity contribution in [3.8, 4) is 0 Å². The summed E-state index contributed by atoms with van der Waals surface area (Å²) >= 11 is 0. The summed E-state index contributed by atoms with van der Waals surface area (Å²) in [5.41, 5.74) is 0.429. The molecule has 0 bridgehead atoms. The van der Waals surface area contributed by atoms with Crippen LogP contribution in [0.4, 0.5) is 0 Å². The molecule has 0 aromatic carbocycles. The number of hydrogen-bond donors (Lipinski definition) is 1. The number of carboxylic acids is 1. The Morgan fingerprint density at radius 3 is 3.06 bits per heavy atom. The van der Waals surface area contributed by atoms with Crippen LogP contribution in [0.1, 0.15) is 38.2 Å². The van der Waals surface area contributed by atoms with E-state index in [9.17, 15) is 9.90 Å². The molecule has 1 aromatic rings. The van der Waals surface area contributed by atoms with Crippen LogP contribution in [0, 0.1) is 11.3 Å². The van der Waals surface area contributed by atoms with E-state index in [4.69, 9.17) is 4.42 Å². The van der Waals surface area contributed by atoms with E-state index in [2.05, 4.69) is 6.92 Å². The molecule has 16 heavy (non-hydrogen) atoms. The van der Waals surface area contributed by atoms with Gasteiger partial charge in [0.2, 0.25) is 0 Å². The van der Waals surface area contributed by atoms with Crippen molar-refractivity contribution in [3.63, 3.8) is 0 Å². The minimum Gasteiger partial charge on any atom is -0.481 e. The molecule has 1 aromatic heterocycles. The number of furan rings is 1. The first-order valence-electron chi connectivity index (χ1n) is 5.87. The number of aliphatic carboxylic acids is 1. The molecule has 1 aliphatic rings. The van der Waals surface area contributed by atoms with Crippen LogP contribution in [0.15, 0.2) is 23.0 Å². The molecule has 2 atom stereocenters. The molecule has 1 aliphatic carbocycles. The molecule has 1 saturated carbocycles. The van der Waals surface area contributed by atoms with Crippen LogP contribution in [0.2, 0.25) is 0 Å². The van der Waals surface area contributed by atoms with Gasteiger partial charge in [-0.1, -0.05) is 19.8 Å². The smallest absolute Gasteiger partial charge is 0.309 e. The van der Waals surface area contributed by atoms with Crippen LogP contribution < -0.4 is 0 Å². The largest absolute Gasteiger partial charge is 0.481 e. The molecule has 0 saturated heterocycles. The van der Waals surface area contributed by atoms with Crippen molar-refractivity contribution in [3.05, 3.63) is 24.2 Å². The summed E-state index contributed by atoms with van der Waals surface area (Å²) in [5.74, 6) is -0.142. The molecule has 88 valence electrons. The molecular formula is C13H18O3. The van der Waals surface area contributed by atoms with Crippen LogP contribution in [0.3, 0.4) is 0 Å². The van der Waals surface area contributed by atoms with Crippen molar-refractivity contribution in [2.24, 2.45) is 11.3 Å². The van der Waals surface area contributed by atoms with Gasteiger partial charge >= 0.3 is 5.97 Å². The van der Waals surface area contributed by atoms with Crippen molar-refractivity contribution < 1.29 is 14.3 Å². The highest BCUT2D eigenvalue weighted by Crippen LogP contribution is 2.42. The van der Waals surface area contributed by atoms with E-state index < -0.39 is 11.4 Å². The summed E-state index contributed by atoms with van der Waals surface area (Å²) < 4.78 is 5.01. The molecule has 2 rings (SSSR count). The number of carbonyl (C=O) groups is 1. The summed E-state index contributed by atoms with van der Waals surface area (Å²) in [6, 6.07) is 1.87. The molecule has 1 N–H and O–H groups in total. The normalized spacial score (nSPS) is 30.2. The minimum atomic E-state index is -0.653. The highest BCUT2D eigenvalue weighted by Gasteiger charge is 2.41. The third-order valence-electron chi connectivity index (χ3n) is 3.67. The van der Waals surface area contributed by atoms with E-state index in [0.717, 1.165) is 31.2 Å². The lowest BCUT2D eigenvalue weighted by Crippen LogP contribution is -2.37. The monoisotopic (exact) mass is 222 g/mol. The van der Waals surface area contributed by atoms with Crippen molar-refractivity contribution in [1.29, 1.82) is 0 Å². The van der Waals surface area contributed by atoms with Crippen LogP contribution in [-0.4, -0.2) is 11.1 Å². The Balaban J connectivity index is 2.18. The number of rotatable bonds is 3. The predicted molar refractivity (Wildman–Crippen MR) is 60.1 cm³/mol. The third kappa shape index (κ3) is 2.13. The second kappa shape index (κ2) is 4.32. The molecule has 0 amide bonds. The van der Waals surface area contributed by atoms with Crippen molar-refractivity contribution in [2.75, 3.05) is 0 Å². The zero-order valence-corrected chi connectivity index (χ0v) is 9.61. The maximum atomic E-state index is 11.5. The Labute approximate surface area is 95.5 Å². The first-order valence-corrected chi connectivity index (χ1v) is 5.87. The van der Waals surface area contributed by atoms with Crippen LogP contribution in [0.5, 0.6) is 0 Å². The Kier molecular flexibility index (Phi) is 3.03. The van der Waals surface area contributed by atoms with Gasteiger partial charge in [-0.3, -0.25) is 4.79 Å². The average Bonchev–Trinajstić information content (AvgIpc) is 2.70. The maximum absolute atomic E-state index is 11.5. The molecule has 0 spiro atoms. The van der Waals surface area contributed by atoms with Gasteiger partial charge in [-0.05, 0) is 36.8 Å². The molecule has 2 unspecified atom stereocenters.